The van der Waals surface area contributed by atoms with E-state index in [1.54, 1.807) is 12.1 Å². The summed E-state index contributed by atoms with van der Waals surface area (Å²) in [5, 5.41) is 10.1. The van der Waals surface area contributed by atoms with Gasteiger partial charge in [0.05, 0.1) is 5.56 Å². The Morgan fingerprint density at radius 2 is 1.95 bits per heavy atom. The first-order valence-electron chi connectivity index (χ1n) is 7.19. The topological polar surface area (TPSA) is 45.5 Å². The van der Waals surface area contributed by atoms with E-state index < -0.39 is 5.97 Å². The third kappa shape index (κ3) is 2.43. The molecule has 1 aliphatic rings. The fourth-order valence-electron chi connectivity index (χ4n) is 3.04. The van der Waals surface area contributed by atoms with Crippen LogP contribution in [-0.4, -0.2) is 33.6 Å². The third-order valence-corrected chi connectivity index (χ3v) is 4.22. The molecule has 1 N–H and O–H groups in total. The molecule has 0 unspecified atom stereocenters. The van der Waals surface area contributed by atoms with Crippen molar-refractivity contribution in [2.45, 2.75) is 25.8 Å². The quantitative estimate of drug-likeness (QED) is 0.934. The van der Waals surface area contributed by atoms with E-state index in [0.717, 1.165) is 17.4 Å². The summed E-state index contributed by atoms with van der Waals surface area (Å²) in [5.41, 5.74) is 2.71. The second-order valence-corrected chi connectivity index (χ2v) is 5.61. The molecule has 1 saturated heterocycles. The molecular weight excluding hydrogens is 252 g/mol. The van der Waals surface area contributed by atoms with Gasteiger partial charge >= 0.3 is 5.97 Å². The lowest BCUT2D eigenvalue weighted by molar-refractivity contribution is 0.0697. The maximum Gasteiger partial charge on any atom is 0.335 e. The van der Waals surface area contributed by atoms with Gasteiger partial charge in [-0.2, -0.15) is 0 Å². The number of rotatable bonds is 3. The van der Waals surface area contributed by atoms with Gasteiger partial charge in [0.1, 0.15) is 0 Å². The number of hydrogen-bond acceptors (Lipinski definition) is 2. The van der Waals surface area contributed by atoms with Gasteiger partial charge in [-0.15, -0.1) is 0 Å². The molecule has 0 radical (unpaired) electrons. The number of nitrogens with zero attached hydrogens (tertiary/aromatic N) is 2. The summed E-state index contributed by atoms with van der Waals surface area (Å²) in [4.78, 5) is 13.5. The zero-order valence-corrected chi connectivity index (χ0v) is 11.8. The van der Waals surface area contributed by atoms with Gasteiger partial charge in [0.2, 0.25) is 0 Å². The lowest BCUT2D eigenvalue weighted by Crippen LogP contribution is -2.29. The number of piperidine rings is 1. The molecule has 0 bridgehead atoms. The number of aromatic carboxylic acids is 1. The Morgan fingerprint density at radius 3 is 2.65 bits per heavy atom. The molecule has 1 aliphatic heterocycles. The van der Waals surface area contributed by atoms with Gasteiger partial charge in [-0.3, -0.25) is 4.90 Å². The summed E-state index contributed by atoms with van der Waals surface area (Å²) < 4.78 is 2.18. The van der Waals surface area contributed by atoms with Crippen LogP contribution in [0.5, 0.6) is 0 Å². The summed E-state index contributed by atoms with van der Waals surface area (Å²) >= 11 is 0. The minimum Gasteiger partial charge on any atom is -0.478 e. The van der Waals surface area contributed by atoms with Crippen molar-refractivity contribution < 1.29 is 9.90 Å². The van der Waals surface area contributed by atoms with E-state index in [2.05, 4.69) is 22.6 Å². The van der Waals surface area contributed by atoms with E-state index >= 15 is 0 Å². The largest absolute Gasteiger partial charge is 0.478 e. The van der Waals surface area contributed by atoms with Gasteiger partial charge in [-0.05, 0) is 50.2 Å². The Balaban J connectivity index is 1.91. The lowest BCUT2D eigenvalue weighted by Gasteiger charge is -2.26. The fourth-order valence-corrected chi connectivity index (χ4v) is 3.04. The Morgan fingerprint density at radius 1 is 1.20 bits per heavy atom. The summed E-state index contributed by atoms with van der Waals surface area (Å²) in [6, 6.07) is 7.46. The molecule has 0 saturated carbocycles. The van der Waals surface area contributed by atoms with Crippen LogP contribution in [0.25, 0.3) is 10.9 Å². The number of hydrogen-bond donors (Lipinski definition) is 1. The number of aromatic nitrogens is 1. The monoisotopic (exact) mass is 272 g/mol. The SMILES string of the molecule is Cn1c(CN2CCCCC2)cc2cc(C(=O)O)ccc21. The second-order valence-electron chi connectivity index (χ2n) is 5.61. The number of fused-ring (bicyclic) bond motifs is 1. The van der Waals surface area contributed by atoms with E-state index in [4.69, 9.17) is 5.11 Å². The smallest absolute Gasteiger partial charge is 0.335 e. The highest BCUT2D eigenvalue weighted by Gasteiger charge is 2.14. The molecule has 1 aromatic carbocycles. The number of carbonyl (C=O) groups is 1. The van der Waals surface area contributed by atoms with Crippen molar-refractivity contribution in [3.63, 3.8) is 0 Å². The van der Waals surface area contributed by atoms with Crippen LogP contribution in [0.2, 0.25) is 0 Å². The van der Waals surface area contributed by atoms with Crippen molar-refractivity contribution in [1.29, 1.82) is 0 Å². The molecular formula is C16H20N2O2. The first kappa shape index (κ1) is 13.2. The zero-order chi connectivity index (χ0) is 14.1. The number of likely N-dealkylation sites (tertiary alicyclic amines) is 1. The highest BCUT2D eigenvalue weighted by Crippen LogP contribution is 2.22. The van der Waals surface area contributed by atoms with Crippen molar-refractivity contribution in [2.24, 2.45) is 7.05 Å². The van der Waals surface area contributed by atoms with Gasteiger partial charge in [0.25, 0.3) is 0 Å². The highest BCUT2D eigenvalue weighted by atomic mass is 16.4. The van der Waals surface area contributed by atoms with E-state index in [1.165, 1.54) is 38.0 Å². The molecule has 1 aromatic heterocycles. The minimum absolute atomic E-state index is 0.354. The number of carboxylic acids is 1. The average Bonchev–Trinajstić information content (AvgIpc) is 2.76. The molecule has 0 aliphatic carbocycles. The summed E-state index contributed by atoms with van der Waals surface area (Å²) in [5.74, 6) is -0.867. The standard InChI is InChI=1S/C16H20N2O2/c1-17-14(11-18-7-3-2-4-8-18)10-13-9-12(16(19)20)5-6-15(13)17/h5-6,9-10H,2-4,7-8,11H2,1H3,(H,19,20). The maximum absolute atomic E-state index is 11.0. The molecule has 3 rings (SSSR count). The predicted octanol–water partition coefficient (Wildman–Crippen LogP) is 2.86. The van der Waals surface area contributed by atoms with Crippen molar-refractivity contribution in [1.82, 2.24) is 9.47 Å². The molecule has 2 heterocycles. The van der Waals surface area contributed by atoms with E-state index in [0.29, 0.717) is 5.56 Å². The van der Waals surface area contributed by atoms with Gasteiger partial charge in [-0.25, -0.2) is 4.79 Å². The number of carboxylic acid groups (broad SMARTS) is 1. The summed E-state index contributed by atoms with van der Waals surface area (Å²) in [6.07, 6.45) is 3.91. The van der Waals surface area contributed by atoms with Crippen LogP contribution in [-0.2, 0) is 13.6 Å². The Kier molecular flexibility index (Phi) is 3.49. The third-order valence-electron chi connectivity index (χ3n) is 4.22. The molecule has 0 spiro atoms. The molecule has 0 atom stereocenters. The van der Waals surface area contributed by atoms with Crippen molar-refractivity contribution >= 4 is 16.9 Å². The van der Waals surface area contributed by atoms with Gasteiger partial charge in [0.15, 0.2) is 0 Å². The van der Waals surface area contributed by atoms with E-state index in [9.17, 15) is 4.79 Å². The molecule has 4 nitrogen and oxygen atoms in total. The zero-order valence-electron chi connectivity index (χ0n) is 11.8. The normalized spacial score (nSPS) is 16.6. The van der Waals surface area contributed by atoms with Crippen LogP contribution >= 0.6 is 0 Å². The Hall–Kier alpha value is -1.81. The maximum atomic E-state index is 11.0. The van der Waals surface area contributed by atoms with E-state index in [1.807, 2.05) is 6.07 Å². The second kappa shape index (κ2) is 5.29. The van der Waals surface area contributed by atoms with Crippen LogP contribution in [0.4, 0.5) is 0 Å². The first-order valence-corrected chi connectivity index (χ1v) is 7.19. The van der Waals surface area contributed by atoms with Crippen molar-refractivity contribution in [3.05, 3.63) is 35.5 Å². The number of benzene rings is 1. The molecule has 20 heavy (non-hydrogen) atoms. The minimum atomic E-state index is -0.867. The molecule has 106 valence electrons. The van der Waals surface area contributed by atoms with Crippen LogP contribution < -0.4 is 0 Å². The van der Waals surface area contributed by atoms with E-state index in [-0.39, 0.29) is 0 Å². The van der Waals surface area contributed by atoms with Gasteiger partial charge in [-0.1, -0.05) is 6.42 Å². The molecule has 1 fully saturated rings. The lowest BCUT2D eigenvalue weighted by atomic mass is 10.1. The average molecular weight is 272 g/mol. The van der Waals surface area contributed by atoms with Gasteiger partial charge in [0, 0.05) is 30.2 Å². The highest BCUT2D eigenvalue weighted by molar-refractivity contribution is 5.94. The van der Waals surface area contributed by atoms with Crippen molar-refractivity contribution in [2.75, 3.05) is 13.1 Å². The van der Waals surface area contributed by atoms with Crippen molar-refractivity contribution in [3.8, 4) is 0 Å². The first-order chi connectivity index (χ1) is 9.65. The predicted molar refractivity (Wildman–Crippen MR) is 79.0 cm³/mol. The Bertz CT molecular complexity index is 639. The summed E-state index contributed by atoms with van der Waals surface area (Å²) in [6.45, 7) is 3.29. The van der Waals surface area contributed by atoms with Crippen LogP contribution in [0, 0.1) is 0 Å². The number of aryl methyl sites for hydroxylation is 1. The molecule has 4 heteroatoms. The Labute approximate surface area is 118 Å². The van der Waals surface area contributed by atoms with Crippen LogP contribution in [0.3, 0.4) is 0 Å². The molecule has 0 amide bonds. The van der Waals surface area contributed by atoms with Gasteiger partial charge < -0.3 is 9.67 Å². The summed E-state index contributed by atoms with van der Waals surface area (Å²) in [7, 11) is 2.06. The van der Waals surface area contributed by atoms with Crippen LogP contribution in [0.15, 0.2) is 24.3 Å². The van der Waals surface area contributed by atoms with Crippen LogP contribution in [0.1, 0.15) is 35.3 Å². The fraction of sp³-hybridized carbons (Fsp3) is 0.438. The molecule has 2 aromatic rings.